The molecule has 3 heterocycles. The summed E-state index contributed by atoms with van der Waals surface area (Å²) in [7, 11) is 1.83. The number of guanidine groups is 1. The molecule has 2 aliphatic heterocycles. The second-order valence-corrected chi connectivity index (χ2v) is 8.58. The molecule has 2 saturated heterocycles. The van der Waals surface area contributed by atoms with Crippen molar-refractivity contribution in [2.24, 2.45) is 4.99 Å². The lowest BCUT2D eigenvalue weighted by Crippen LogP contribution is -2.54. The number of aromatic nitrogens is 2. The van der Waals surface area contributed by atoms with E-state index < -0.39 is 0 Å². The van der Waals surface area contributed by atoms with Gasteiger partial charge >= 0.3 is 0 Å². The number of halogens is 1. The van der Waals surface area contributed by atoms with Crippen LogP contribution in [0.15, 0.2) is 47.7 Å². The normalized spacial score (nSPS) is 17.9. The molecule has 0 bridgehead atoms. The van der Waals surface area contributed by atoms with E-state index in [2.05, 4.69) is 54.4 Å². The van der Waals surface area contributed by atoms with Crippen LogP contribution in [0.25, 0.3) is 5.69 Å². The predicted octanol–water partition coefficient (Wildman–Crippen LogP) is 2.59. The summed E-state index contributed by atoms with van der Waals surface area (Å²) in [6.45, 7) is 6.62. The molecule has 0 atom stereocenters. The monoisotopic (exact) mass is 565 g/mol. The summed E-state index contributed by atoms with van der Waals surface area (Å²) in [6, 6.07) is 10.3. The lowest BCUT2D eigenvalue weighted by molar-refractivity contribution is -0.132. The Kier molecular flexibility index (Phi) is 9.98. The van der Waals surface area contributed by atoms with Crippen LogP contribution in [0.2, 0.25) is 0 Å². The Morgan fingerprint density at radius 3 is 2.42 bits per heavy atom. The Hall–Kier alpha value is -2.14. The van der Waals surface area contributed by atoms with Crippen molar-refractivity contribution in [3.05, 3.63) is 48.3 Å². The average molecular weight is 566 g/mol. The van der Waals surface area contributed by atoms with E-state index in [0.29, 0.717) is 19.0 Å². The first-order valence-corrected chi connectivity index (χ1v) is 11.8. The SMILES string of the molecule is CN=C(NCc1cccc(-n2cccn2)c1)N1CCN(CC(=O)N2CCCCCC2)CC1.I. The number of nitrogens with one attached hydrogen (secondary N) is 1. The van der Waals surface area contributed by atoms with Crippen LogP contribution in [0, 0.1) is 0 Å². The third-order valence-electron chi connectivity index (χ3n) is 6.33. The van der Waals surface area contributed by atoms with Gasteiger partial charge in [-0.1, -0.05) is 25.0 Å². The molecule has 0 unspecified atom stereocenters. The van der Waals surface area contributed by atoms with Crippen molar-refractivity contribution in [2.75, 3.05) is 52.9 Å². The van der Waals surface area contributed by atoms with Crippen molar-refractivity contribution < 1.29 is 4.79 Å². The zero-order valence-electron chi connectivity index (χ0n) is 19.5. The summed E-state index contributed by atoms with van der Waals surface area (Å²) in [5.41, 5.74) is 2.23. The number of piperazine rings is 1. The third kappa shape index (κ3) is 7.17. The molecule has 9 heteroatoms. The number of likely N-dealkylation sites (tertiary alicyclic amines) is 1. The molecule has 0 aliphatic carbocycles. The van der Waals surface area contributed by atoms with E-state index in [1.54, 1.807) is 6.20 Å². The number of rotatable bonds is 5. The predicted molar refractivity (Wildman–Crippen MR) is 142 cm³/mol. The zero-order valence-corrected chi connectivity index (χ0v) is 21.9. The molecule has 1 N–H and O–H groups in total. The van der Waals surface area contributed by atoms with Gasteiger partial charge in [-0.05, 0) is 36.6 Å². The van der Waals surface area contributed by atoms with E-state index in [9.17, 15) is 4.79 Å². The number of hydrogen-bond acceptors (Lipinski definition) is 4. The summed E-state index contributed by atoms with van der Waals surface area (Å²) in [6.07, 6.45) is 8.53. The van der Waals surface area contributed by atoms with Crippen LogP contribution < -0.4 is 5.32 Å². The lowest BCUT2D eigenvalue weighted by atomic mass is 10.2. The minimum absolute atomic E-state index is 0. The number of nitrogens with zero attached hydrogens (tertiary/aromatic N) is 6. The van der Waals surface area contributed by atoms with Crippen molar-refractivity contribution in [3.8, 4) is 5.69 Å². The Morgan fingerprint density at radius 1 is 1.00 bits per heavy atom. The van der Waals surface area contributed by atoms with E-state index in [4.69, 9.17) is 0 Å². The maximum atomic E-state index is 12.7. The van der Waals surface area contributed by atoms with Crippen molar-refractivity contribution >= 4 is 35.8 Å². The molecule has 2 fully saturated rings. The van der Waals surface area contributed by atoms with Gasteiger partial charge in [0.25, 0.3) is 0 Å². The second-order valence-electron chi connectivity index (χ2n) is 8.58. The van der Waals surface area contributed by atoms with Crippen LogP contribution in [-0.4, -0.2) is 89.2 Å². The molecule has 1 aromatic heterocycles. The van der Waals surface area contributed by atoms with Crippen LogP contribution in [0.4, 0.5) is 0 Å². The van der Waals surface area contributed by atoms with E-state index >= 15 is 0 Å². The van der Waals surface area contributed by atoms with Crippen LogP contribution in [0.5, 0.6) is 0 Å². The molecule has 8 nitrogen and oxygen atoms in total. The van der Waals surface area contributed by atoms with Gasteiger partial charge < -0.3 is 15.1 Å². The minimum Gasteiger partial charge on any atom is -0.352 e. The number of amides is 1. The van der Waals surface area contributed by atoms with Crippen molar-refractivity contribution in [2.45, 2.75) is 32.2 Å². The molecule has 1 aromatic carbocycles. The molecular weight excluding hydrogens is 529 g/mol. The first-order chi connectivity index (χ1) is 15.7. The van der Waals surface area contributed by atoms with Crippen LogP contribution in [0.1, 0.15) is 31.2 Å². The average Bonchev–Trinajstić information content (AvgIpc) is 3.23. The fraction of sp³-hybridized carbons (Fsp3) is 0.542. The first kappa shape index (κ1) is 25.5. The van der Waals surface area contributed by atoms with Crippen LogP contribution in [-0.2, 0) is 11.3 Å². The number of hydrogen-bond donors (Lipinski definition) is 1. The summed E-state index contributed by atoms with van der Waals surface area (Å²) in [5.74, 6) is 1.20. The smallest absolute Gasteiger partial charge is 0.236 e. The number of carbonyl (C=O) groups is 1. The quantitative estimate of drug-likeness (QED) is 0.343. The number of aliphatic imine (C=N–C) groups is 1. The highest BCUT2D eigenvalue weighted by atomic mass is 127. The topological polar surface area (TPSA) is 69.0 Å². The second kappa shape index (κ2) is 12.9. The summed E-state index contributed by atoms with van der Waals surface area (Å²) < 4.78 is 1.87. The van der Waals surface area contributed by atoms with E-state index in [-0.39, 0.29) is 24.0 Å². The van der Waals surface area contributed by atoms with Gasteiger partial charge in [-0.25, -0.2) is 4.68 Å². The fourth-order valence-corrected chi connectivity index (χ4v) is 4.47. The van der Waals surface area contributed by atoms with Crippen molar-refractivity contribution in [3.63, 3.8) is 0 Å². The van der Waals surface area contributed by atoms with Gasteiger partial charge in [0, 0.05) is 65.3 Å². The highest BCUT2D eigenvalue weighted by Crippen LogP contribution is 2.12. The summed E-state index contributed by atoms with van der Waals surface area (Å²) in [4.78, 5) is 23.8. The van der Waals surface area contributed by atoms with E-state index in [1.165, 1.54) is 18.4 Å². The maximum absolute atomic E-state index is 12.7. The van der Waals surface area contributed by atoms with Crippen LogP contribution >= 0.6 is 24.0 Å². The number of carbonyl (C=O) groups excluding carboxylic acids is 1. The Morgan fingerprint density at radius 2 is 1.76 bits per heavy atom. The Labute approximate surface area is 214 Å². The van der Waals surface area contributed by atoms with Gasteiger partial charge in [-0.2, -0.15) is 5.10 Å². The molecule has 1 amide bonds. The molecular formula is C24H36IN7O. The molecule has 0 saturated carbocycles. The fourth-order valence-electron chi connectivity index (χ4n) is 4.47. The molecule has 180 valence electrons. The van der Waals surface area contributed by atoms with Crippen LogP contribution in [0.3, 0.4) is 0 Å². The van der Waals surface area contributed by atoms with E-state index in [1.807, 2.05) is 24.0 Å². The lowest BCUT2D eigenvalue weighted by Gasteiger charge is -2.37. The molecule has 0 radical (unpaired) electrons. The van der Waals surface area contributed by atoms with Gasteiger partial charge in [0.15, 0.2) is 5.96 Å². The molecule has 2 aliphatic rings. The zero-order chi connectivity index (χ0) is 22.2. The van der Waals surface area contributed by atoms with Gasteiger partial charge in [-0.3, -0.25) is 14.7 Å². The largest absolute Gasteiger partial charge is 0.352 e. The van der Waals surface area contributed by atoms with Gasteiger partial charge in [-0.15, -0.1) is 24.0 Å². The van der Waals surface area contributed by atoms with Gasteiger partial charge in [0.2, 0.25) is 5.91 Å². The highest BCUT2D eigenvalue weighted by molar-refractivity contribution is 14.0. The van der Waals surface area contributed by atoms with Crippen molar-refractivity contribution in [1.82, 2.24) is 29.8 Å². The molecule has 2 aromatic rings. The minimum atomic E-state index is 0. The molecule has 33 heavy (non-hydrogen) atoms. The summed E-state index contributed by atoms with van der Waals surface area (Å²) >= 11 is 0. The highest BCUT2D eigenvalue weighted by Gasteiger charge is 2.23. The third-order valence-corrected chi connectivity index (χ3v) is 6.33. The first-order valence-electron chi connectivity index (χ1n) is 11.8. The maximum Gasteiger partial charge on any atom is 0.236 e. The molecule has 0 spiro atoms. The summed E-state index contributed by atoms with van der Waals surface area (Å²) in [5, 5.41) is 7.80. The van der Waals surface area contributed by atoms with Gasteiger partial charge in [0.1, 0.15) is 0 Å². The Balaban J connectivity index is 0.00000306. The van der Waals surface area contributed by atoms with E-state index in [0.717, 1.165) is 63.8 Å². The number of benzene rings is 1. The van der Waals surface area contributed by atoms with Crippen molar-refractivity contribution in [1.29, 1.82) is 0 Å². The molecule has 4 rings (SSSR count). The standard InChI is InChI=1S/C24H35N7O.HI/c1-25-24(26-19-21-8-6-9-22(18-21)31-13-7-10-27-31)30-16-14-28(15-17-30)20-23(32)29-11-4-2-3-5-12-29;/h6-10,13,18H,2-5,11-12,14-17,19-20H2,1H3,(H,25,26);1H. The van der Waals surface area contributed by atoms with Gasteiger partial charge in [0.05, 0.1) is 12.2 Å². The Bertz CT molecular complexity index is 886.